The molecule has 2 aliphatic heterocycles. The molecule has 124 valence electrons. The van der Waals surface area contributed by atoms with Crippen molar-refractivity contribution in [3.63, 3.8) is 0 Å². The maximum absolute atomic E-state index is 12.3. The minimum absolute atomic E-state index is 0.146. The average Bonchev–Trinajstić information content (AvgIpc) is 2.71. The predicted molar refractivity (Wildman–Crippen MR) is 87.5 cm³/mol. The first-order valence-corrected chi connectivity index (χ1v) is 8.23. The van der Waals surface area contributed by atoms with Gasteiger partial charge in [-0.05, 0) is 39.3 Å². The molecule has 0 bridgehead atoms. The second-order valence-electron chi connectivity index (χ2n) is 7.08. The molecule has 5 heteroatoms. The van der Waals surface area contributed by atoms with Gasteiger partial charge in [0.1, 0.15) is 0 Å². The van der Waals surface area contributed by atoms with E-state index in [1.807, 2.05) is 0 Å². The van der Waals surface area contributed by atoms with Crippen LogP contribution < -0.4 is 0 Å². The number of morpholine rings is 1. The van der Waals surface area contributed by atoms with Crippen molar-refractivity contribution in [3.05, 3.63) is 35.4 Å². The summed E-state index contributed by atoms with van der Waals surface area (Å²) in [5.41, 5.74) is 0.907. The van der Waals surface area contributed by atoms with E-state index >= 15 is 0 Å². The number of carbonyl (C=O) groups is 2. The van der Waals surface area contributed by atoms with E-state index < -0.39 is 0 Å². The Morgan fingerprint density at radius 1 is 1.13 bits per heavy atom. The van der Waals surface area contributed by atoms with Crippen LogP contribution in [0.5, 0.6) is 0 Å². The number of ether oxygens (including phenoxy) is 1. The molecule has 0 N–H and O–H groups in total. The highest BCUT2D eigenvalue weighted by Gasteiger charge is 2.35. The number of amides is 2. The molecular weight excluding hydrogens is 292 g/mol. The lowest BCUT2D eigenvalue weighted by atomic mass is 10.1. The molecule has 1 saturated heterocycles. The van der Waals surface area contributed by atoms with E-state index in [1.54, 1.807) is 24.3 Å². The third-order valence-corrected chi connectivity index (χ3v) is 4.37. The number of imide groups is 1. The Kier molecular flexibility index (Phi) is 4.25. The molecule has 2 aliphatic rings. The summed E-state index contributed by atoms with van der Waals surface area (Å²) < 4.78 is 5.90. The first-order chi connectivity index (χ1) is 10.9. The Balaban J connectivity index is 1.56. The molecule has 1 unspecified atom stereocenters. The monoisotopic (exact) mass is 316 g/mol. The van der Waals surface area contributed by atoms with Crippen LogP contribution in [0.3, 0.4) is 0 Å². The van der Waals surface area contributed by atoms with E-state index in [-0.39, 0.29) is 23.5 Å². The van der Waals surface area contributed by atoms with Gasteiger partial charge in [-0.3, -0.25) is 19.4 Å². The zero-order valence-electron chi connectivity index (χ0n) is 14.0. The molecule has 0 aromatic heterocycles. The fourth-order valence-electron chi connectivity index (χ4n) is 3.65. The molecule has 0 spiro atoms. The van der Waals surface area contributed by atoms with Crippen molar-refractivity contribution >= 4 is 11.8 Å². The van der Waals surface area contributed by atoms with Crippen LogP contribution >= 0.6 is 0 Å². The smallest absolute Gasteiger partial charge is 0.261 e. The van der Waals surface area contributed by atoms with Crippen molar-refractivity contribution in [1.29, 1.82) is 0 Å². The minimum Gasteiger partial charge on any atom is -0.370 e. The molecule has 0 aliphatic carbocycles. The molecule has 3 rings (SSSR count). The number of benzene rings is 1. The Morgan fingerprint density at radius 3 is 2.30 bits per heavy atom. The maximum atomic E-state index is 12.3. The van der Waals surface area contributed by atoms with Gasteiger partial charge in [0, 0.05) is 26.2 Å². The SMILES string of the molecule is CC1CN(CCCN2C(=O)c3ccccc3C2=O)CC(C)(C)O1. The second kappa shape index (κ2) is 6.06. The van der Waals surface area contributed by atoms with E-state index in [4.69, 9.17) is 4.74 Å². The first-order valence-electron chi connectivity index (χ1n) is 8.23. The van der Waals surface area contributed by atoms with Gasteiger partial charge in [-0.15, -0.1) is 0 Å². The van der Waals surface area contributed by atoms with E-state index in [2.05, 4.69) is 25.7 Å². The Bertz CT molecular complexity index is 591. The number of nitrogens with zero attached hydrogens (tertiary/aromatic N) is 2. The fraction of sp³-hybridized carbons (Fsp3) is 0.556. The number of carbonyl (C=O) groups excluding carboxylic acids is 2. The summed E-state index contributed by atoms with van der Waals surface area (Å²) in [5, 5.41) is 0. The highest BCUT2D eigenvalue weighted by molar-refractivity contribution is 6.21. The Morgan fingerprint density at radius 2 is 1.74 bits per heavy atom. The third kappa shape index (κ3) is 3.31. The van der Waals surface area contributed by atoms with E-state index in [0.29, 0.717) is 17.7 Å². The van der Waals surface area contributed by atoms with Gasteiger partial charge in [-0.25, -0.2) is 0 Å². The zero-order chi connectivity index (χ0) is 16.6. The molecule has 2 amide bonds. The van der Waals surface area contributed by atoms with E-state index in [0.717, 1.165) is 26.1 Å². The molecule has 23 heavy (non-hydrogen) atoms. The predicted octanol–water partition coefficient (Wildman–Crippen LogP) is 2.17. The van der Waals surface area contributed by atoms with Crippen molar-refractivity contribution in [2.45, 2.75) is 38.9 Å². The molecule has 2 heterocycles. The standard InChI is InChI=1S/C18H24N2O3/c1-13-11-19(12-18(2,3)23-13)9-6-10-20-16(21)14-7-4-5-8-15(14)17(20)22/h4-5,7-8,13H,6,9-12H2,1-3H3. The van der Waals surface area contributed by atoms with Gasteiger partial charge in [0.05, 0.1) is 22.8 Å². The number of rotatable bonds is 4. The van der Waals surface area contributed by atoms with Gasteiger partial charge in [0.25, 0.3) is 11.8 Å². The molecule has 1 aromatic rings. The van der Waals surface area contributed by atoms with Gasteiger partial charge in [-0.1, -0.05) is 12.1 Å². The largest absolute Gasteiger partial charge is 0.370 e. The van der Waals surface area contributed by atoms with Gasteiger partial charge in [0.2, 0.25) is 0 Å². The highest BCUT2D eigenvalue weighted by atomic mass is 16.5. The lowest BCUT2D eigenvalue weighted by molar-refractivity contribution is -0.128. The number of hydrogen-bond donors (Lipinski definition) is 0. The lowest BCUT2D eigenvalue weighted by Crippen LogP contribution is -2.52. The summed E-state index contributed by atoms with van der Waals surface area (Å²) in [5.74, 6) is -0.331. The van der Waals surface area contributed by atoms with Gasteiger partial charge >= 0.3 is 0 Å². The summed E-state index contributed by atoms with van der Waals surface area (Å²) >= 11 is 0. The normalized spacial score (nSPS) is 24.1. The van der Waals surface area contributed by atoms with Gasteiger partial charge in [-0.2, -0.15) is 0 Å². The van der Waals surface area contributed by atoms with Crippen LogP contribution in [0.25, 0.3) is 0 Å². The molecule has 0 radical (unpaired) electrons. The molecule has 0 saturated carbocycles. The fourth-order valence-corrected chi connectivity index (χ4v) is 3.65. The van der Waals surface area contributed by atoms with Crippen molar-refractivity contribution in [2.24, 2.45) is 0 Å². The van der Waals surface area contributed by atoms with Crippen molar-refractivity contribution in [1.82, 2.24) is 9.80 Å². The number of hydrogen-bond acceptors (Lipinski definition) is 4. The van der Waals surface area contributed by atoms with Crippen LogP contribution in [-0.4, -0.2) is 59.5 Å². The third-order valence-electron chi connectivity index (χ3n) is 4.37. The first kappa shape index (κ1) is 16.1. The second-order valence-corrected chi connectivity index (χ2v) is 7.08. The van der Waals surface area contributed by atoms with Crippen LogP contribution in [0.15, 0.2) is 24.3 Å². The molecule has 1 aromatic carbocycles. The lowest BCUT2D eigenvalue weighted by Gasteiger charge is -2.41. The summed E-state index contributed by atoms with van der Waals surface area (Å²) in [6.07, 6.45) is 0.993. The van der Waals surface area contributed by atoms with E-state index in [1.165, 1.54) is 4.90 Å². The van der Waals surface area contributed by atoms with Crippen molar-refractivity contribution in [3.8, 4) is 0 Å². The van der Waals surface area contributed by atoms with Crippen LogP contribution in [0, 0.1) is 0 Å². The summed E-state index contributed by atoms with van der Waals surface area (Å²) in [6.45, 7) is 9.38. The van der Waals surface area contributed by atoms with Crippen molar-refractivity contribution < 1.29 is 14.3 Å². The van der Waals surface area contributed by atoms with E-state index in [9.17, 15) is 9.59 Å². The zero-order valence-corrected chi connectivity index (χ0v) is 14.0. The molecule has 1 atom stereocenters. The van der Waals surface area contributed by atoms with Crippen molar-refractivity contribution in [2.75, 3.05) is 26.2 Å². The van der Waals surface area contributed by atoms with Crippen LogP contribution in [0.2, 0.25) is 0 Å². The summed E-state index contributed by atoms with van der Waals surface area (Å²) in [6, 6.07) is 7.04. The maximum Gasteiger partial charge on any atom is 0.261 e. The van der Waals surface area contributed by atoms with Crippen LogP contribution in [0.4, 0.5) is 0 Å². The van der Waals surface area contributed by atoms with Gasteiger partial charge < -0.3 is 4.74 Å². The summed E-state index contributed by atoms with van der Waals surface area (Å²) in [7, 11) is 0. The highest BCUT2D eigenvalue weighted by Crippen LogP contribution is 2.23. The minimum atomic E-state index is -0.165. The number of fused-ring (bicyclic) bond motifs is 1. The Hall–Kier alpha value is -1.72. The van der Waals surface area contributed by atoms with Crippen LogP contribution in [0.1, 0.15) is 47.9 Å². The molecule has 1 fully saturated rings. The van der Waals surface area contributed by atoms with Gasteiger partial charge in [0.15, 0.2) is 0 Å². The Labute approximate surface area is 137 Å². The van der Waals surface area contributed by atoms with Crippen LogP contribution in [-0.2, 0) is 4.74 Å². The quantitative estimate of drug-likeness (QED) is 0.799. The molecule has 5 nitrogen and oxygen atoms in total. The molecular formula is C18H24N2O3. The topological polar surface area (TPSA) is 49.9 Å². The summed E-state index contributed by atoms with van der Waals surface area (Å²) in [4.78, 5) is 28.4. The average molecular weight is 316 g/mol.